The topological polar surface area (TPSA) is 59.0 Å². The Hall–Kier alpha value is -1.60. The van der Waals surface area contributed by atoms with Gasteiger partial charge in [0.2, 0.25) is 5.91 Å². The van der Waals surface area contributed by atoms with Gasteiger partial charge in [0.25, 0.3) is 0 Å². The second-order valence-electron chi connectivity index (χ2n) is 6.70. The number of esters is 1. The van der Waals surface area contributed by atoms with Crippen LogP contribution in [-0.4, -0.2) is 34.3 Å². The summed E-state index contributed by atoms with van der Waals surface area (Å²) in [6.07, 6.45) is 0.435. The number of hydrogen-bond donors (Lipinski definition) is 0. The molecule has 0 saturated carbocycles. The van der Waals surface area contributed by atoms with E-state index in [1.54, 1.807) is 16.7 Å². The Kier molecular flexibility index (Phi) is 5.87. The zero-order valence-electron chi connectivity index (χ0n) is 15.0. The number of amides is 1. The Balaban J connectivity index is 2.06. The number of allylic oxidation sites excluding steroid dienone is 1. The summed E-state index contributed by atoms with van der Waals surface area (Å²) in [6, 6.07) is 7.17. The average molecular weight is 437 g/mol. The molecule has 0 spiro atoms. The number of amidine groups is 1. The third kappa shape index (κ3) is 3.88. The van der Waals surface area contributed by atoms with E-state index in [1.807, 2.05) is 45.0 Å². The van der Waals surface area contributed by atoms with Gasteiger partial charge < -0.3 is 4.74 Å². The molecular weight excluding hydrogens is 416 g/mol. The van der Waals surface area contributed by atoms with Crippen LogP contribution in [0.3, 0.4) is 0 Å². The molecule has 0 bridgehead atoms. The highest BCUT2D eigenvalue weighted by molar-refractivity contribution is 9.10. The van der Waals surface area contributed by atoms with Crippen molar-refractivity contribution >= 4 is 44.7 Å². The summed E-state index contributed by atoms with van der Waals surface area (Å²) in [4.78, 5) is 31.7. The quantitative estimate of drug-likeness (QED) is 0.660. The highest BCUT2D eigenvalue weighted by Crippen LogP contribution is 2.40. The van der Waals surface area contributed by atoms with Gasteiger partial charge in [0.15, 0.2) is 5.17 Å². The van der Waals surface area contributed by atoms with Gasteiger partial charge in [-0.15, -0.1) is 0 Å². The molecule has 2 aliphatic rings. The smallest absolute Gasteiger partial charge is 0.338 e. The molecule has 0 aliphatic carbocycles. The molecule has 0 unspecified atom stereocenters. The summed E-state index contributed by atoms with van der Waals surface area (Å²) in [5.74, 6) is 0.523. The molecular formula is C19H21BrN2O3S. The Labute approximate surface area is 166 Å². The van der Waals surface area contributed by atoms with Gasteiger partial charge in [-0.2, -0.15) is 0 Å². The normalized spacial score (nSPS) is 20.2. The molecule has 1 atom stereocenters. The highest BCUT2D eigenvalue weighted by atomic mass is 79.9. The van der Waals surface area contributed by atoms with Crippen molar-refractivity contribution in [1.82, 2.24) is 4.90 Å². The number of thioether (sulfide) groups is 1. The van der Waals surface area contributed by atoms with Crippen molar-refractivity contribution in [3.05, 3.63) is 45.6 Å². The largest absolute Gasteiger partial charge is 0.462 e. The summed E-state index contributed by atoms with van der Waals surface area (Å²) in [5.41, 5.74) is 1.92. The number of carbonyl (C=O) groups is 2. The Bertz CT molecular complexity index is 786. The summed E-state index contributed by atoms with van der Waals surface area (Å²) in [5, 5.41) is 0.659. The van der Waals surface area contributed by atoms with Crippen LogP contribution in [0.1, 0.15) is 38.8 Å². The molecule has 5 nitrogen and oxygen atoms in total. The van der Waals surface area contributed by atoms with Crippen LogP contribution in [0, 0.1) is 5.92 Å². The first-order valence-electron chi connectivity index (χ1n) is 8.55. The van der Waals surface area contributed by atoms with E-state index in [1.165, 1.54) is 0 Å². The third-order valence-electron chi connectivity index (χ3n) is 4.16. The average Bonchev–Trinajstić information content (AvgIpc) is 2.59. The first-order chi connectivity index (χ1) is 12.4. The molecule has 26 heavy (non-hydrogen) atoms. The van der Waals surface area contributed by atoms with E-state index in [0.29, 0.717) is 35.2 Å². The van der Waals surface area contributed by atoms with Gasteiger partial charge in [-0.1, -0.05) is 53.7 Å². The molecule has 1 fully saturated rings. The van der Waals surface area contributed by atoms with Gasteiger partial charge in [-0.3, -0.25) is 9.69 Å². The zero-order chi connectivity index (χ0) is 18.8. The predicted octanol–water partition coefficient (Wildman–Crippen LogP) is 4.30. The lowest BCUT2D eigenvalue weighted by Gasteiger charge is -2.39. The Morgan fingerprint density at radius 2 is 2.08 bits per heavy atom. The molecule has 3 rings (SSSR count). The number of rotatable bonds is 4. The zero-order valence-corrected chi connectivity index (χ0v) is 17.4. The fourth-order valence-electron chi connectivity index (χ4n) is 2.94. The van der Waals surface area contributed by atoms with E-state index in [9.17, 15) is 9.59 Å². The lowest BCUT2D eigenvalue weighted by molar-refractivity contribution is -0.141. The number of hydrogen-bond acceptors (Lipinski definition) is 5. The van der Waals surface area contributed by atoms with Crippen LogP contribution in [0.4, 0.5) is 0 Å². The van der Waals surface area contributed by atoms with E-state index in [-0.39, 0.29) is 11.8 Å². The number of benzene rings is 1. The first-order valence-corrected chi connectivity index (χ1v) is 10.3. The second kappa shape index (κ2) is 7.96. The van der Waals surface area contributed by atoms with Crippen molar-refractivity contribution in [1.29, 1.82) is 0 Å². The molecule has 1 aromatic carbocycles. The molecule has 1 saturated heterocycles. The van der Waals surface area contributed by atoms with E-state index in [0.717, 1.165) is 10.0 Å². The molecule has 0 N–H and O–H groups in total. The third-order valence-corrected chi connectivity index (χ3v) is 5.64. The van der Waals surface area contributed by atoms with Crippen LogP contribution in [0.5, 0.6) is 0 Å². The van der Waals surface area contributed by atoms with E-state index >= 15 is 0 Å². The van der Waals surface area contributed by atoms with E-state index in [2.05, 4.69) is 20.9 Å². The van der Waals surface area contributed by atoms with Crippen molar-refractivity contribution < 1.29 is 14.3 Å². The van der Waals surface area contributed by atoms with Crippen LogP contribution in [-0.2, 0) is 14.3 Å². The number of ether oxygens (including phenoxy) is 1. The van der Waals surface area contributed by atoms with Crippen molar-refractivity contribution in [2.75, 3.05) is 12.4 Å². The minimum atomic E-state index is -0.504. The number of halogens is 1. The van der Waals surface area contributed by atoms with Crippen molar-refractivity contribution in [3.63, 3.8) is 0 Å². The molecule has 0 radical (unpaired) electrons. The standard InChI is InChI=1S/C19H21BrN2O3S/c1-11(2)10-25-18(24)16-12(3)21-19-22(15(23)8-9-26-19)17(16)13-4-6-14(20)7-5-13/h4-7,11,17H,8-10H2,1-3H3/t17-/m0/s1. The molecule has 1 amide bonds. The SMILES string of the molecule is CC1=C(C(=O)OCC(C)C)[C@H](c2ccc(Br)cc2)N2C(=O)CCSC2=N1. The molecule has 7 heteroatoms. The first kappa shape index (κ1) is 19.2. The van der Waals surface area contributed by atoms with E-state index in [4.69, 9.17) is 4.74 Å². The molecule has 138 valence electrons. The van der Waals surface area contributed by atoms with Gasteiger partial charge in [-0.05, 0) is 30.5 Å². The maximum atomic E-state index is 12.8. The summed E-state index contributed by atoms with van der Waals surface area (Å²) in [6.45, 7) is 6.12. The summed E-state index contributed by atoms with van der Waals surface area (Å²) in [7, 11) is 0. The molecule has 2 aliphatic heterocycles. The Morgan fingerprint density at radius 3 is 2.73 bits per heavy atom. The van der Waals surface area contributed by atoms with Gasteiger partial charge in [0, 0.05) is 16.6 Å². The minimum absolute atomic E-state index is 0.0166. The molecule has 1 aromatic rings. The highest BCUT2D eigenvalue weighted by Gasteiger charge is 2.41. The van der Waals surface area contributed by atoms with Crippen LogP contribution >= 0.6 is 27.7 Å². The predicted molar refractivity (Wildman–Crippen MR) is 107 cm³/mol. The number of aliphatic imine (C=N–C) groups is 1. The van der Waals surface area contributed by atoms with Crippen LogP contribution in [0.15, 0.2) is 45.0 Å². The minimum Gasteiger partial charge on any atom is -0.462 e. The van der Waals surface area contributed by atoms with Crippen LogP contribution in [0.2, 0.25) is 0 Å². The molecule has 2 heterocycles. The number of nitrogens with zero attached hydrogens (tertiary/aromatic N) is 2. The summed E-state index contributed by atoms with van der Waals surface area (Å²) < 4.78 is 6.42. The van der Waals surface area contributed by atoms with Gasteiger partial charge >= 0.3 is 5.97 Å². The van der Waals surface area contributed by atoms with Crippen molar-refractivity contribution in [3.8, 4) is 0 Å². The lowest BCUT2D eigenvalue weighted by atomic mass is 9.94. The van der Waals surface area contributed by atoms with E-state index < -0.39 is 12.0 Å². The van der Waals surface area contributed by atoms with Gasteiger partial charge in [-0.25, -0.2) is 9.79 Å². The van der Waals surface area contributed by atoms with Crippen molar-refractivity contribution in [2.24, 2.45) is 10.9 Å². The molecule has 0 aromatic heterocycles. The lowest BCUT2D eigenvalue weighted by Crippen LogP contribution is -2.45. The van der Waals surface area contributed by atoms with Gasteiger partial charge in [0.05, 0.1) is 23.9 Å². The fraction of sp³-hybridized carbons (Fsp3) is 0.421. The summed E-state index contributed by atoms with van der Waals surface area (Å²) >= 11 is 4.98. The maximum absolute atomic E-state index is 12.8. The fourth-order valence-corrected chi connectivity index (χ4v) is 4.21. The van der Waals surface area contributed by atoms with Crippen molar-refractivity contribution in [2.45, 2.75) is 33.2 Å². The second-order valence-corrected chi connectivity index (χ2v) is 8.68. The van der Waals surface area contributed by atoms with Crippen LogP contribution < -0.4 is 0 Å². The maximum Gasteiger partial charge on any atom is 0.338 e. The number of fused-ring (bicyclic) bond motifs is 1. The Morgan fingerprint density at radius 1 is 1.38 bits per heavy atom. The number of carbonyl (C=O) groups excluding carboxylic acids is 2. The monoisotopic (exact) mass is 436 g/mol. The van der Waals surface area contributed by atoms with Gasteiger partial charge in [0.1, 0.15) is 0 Å². The van der Waals surface area contributed by atoms with Crippen LogP contribution in [0.25, 0.3) is 0 Å².